The normalized spacial score (nSPS) is 15.7. The summed E-state index contributed by atoms with van der Waals surface area (Å²) in [6.45, 7) is 2.18. The van der Waals surface area contributed by atoms with Gasteiger partial charge in [-0.15, -0.1) is 0 Å². The molecule has 1 aromatic heterocycles. The molecule has 4 rings (SSSR count). The SMILES string of the molecule is CN(CC(=O)N1CCN(S(=O)(=O)c2ccc3ccccc3c2)CC1)Cc1ccco1. The van der Waals surface area contributed by atoms with Crippen LogP contribution in [-0.4, -0.2) is 68.2 Å². The molecule has 1 saturated heterocycles. The zero-order chi connectivity index (χ0) is 21.1. The second-order valence-corrected chi connectivity index (χ2v) is 9.48. The number of sulfonamides is 1. The summed E-state index contributed by atoms with van der Waals surface area (Å²) in [6.07, 6.45) is 1.61. The lowest BCUT2D eigenvalue weighted by Gasteiger charge is -2.34. The van der Waals surface area contributed by atoms with Gasteiger partial charge in [-0.2, -0.15) is 4.31 Å². The Morgan fingerprint density at radius 2 is 1.73 bits per heavy atom. The summed E-state index contributed by atoms with van der Waals surface area (Å²) in [7, 11) is -1.73. The van der Waals surface area contributed by atoms with Gasteiger partial charge in [-0.05, 0) is 42.1 Å². The number of furan rings is 1. The number of piperazine rings is 1. The molecule has 7 nitrogen and oxygen atoms in total. The van der Waals surface area contributed by atoms with Gasteiger partial charge in [-0.3, -0.25) is 9.69 Å². The van der Waals surface area contributed by atoms with Gasteiger partial charge in [0.05, 0.1) is 24.2 Å². The van der Waals surface area contributed by atoms with Crippen molar-refractivity contribution in [2.45, 2.75) is 11.4 Å². The van der Waals surface area contributed by atoms with E-state index in [0.717, 1.165) is 16.5 Å². The average molecular weight is 428 g/mol. The van der Waals surface area contributed by atoms with Gasteiger partial charge in [0, 0.05) is 26.2 Å². The van der Waals surface area contributed by atoms with Crippen molar-refractivity contribution in [3.05, 3.63) is 66.6 Å². The number of rotatable bonds is 6. The highest BCUT2D eigenvalue weighted by molar-refractivity contribution is 7.89. The van der Waals surface area contributed by atoms with E-state index in [0.29, 0.717) is 37.6 Å². The van der Waals surface area contributed by atoms with Gasteiger partial charge in [-0.1, -0.05) is 30.3 Å². The molecule has 0 unspecified atom stereocenters. The Kier molecular flexibility index (Phi) is 5.90. The van der Waals surface area contributed by atoms with E-state index < -0.39 is 10.0 Å². The van der Waals surface area contributed by atoms with Crippen LogP contribution < -0.4 is 0 Å². The van der Waals surface area contributed by atoms with Crippen molar-refractivity contribution < 1.29 is 17.6 Å². The highest BCUT2D eigenvalue weighted by atomic mass is 32.2. The summed E-state index contributed by atoms with van der Waals surface area (Å²) in [5, 5.41) is 1.90. The van der Waals surface area contributed by atoms with Crippen LogP contribution in [0.1, 0.15) is 5.76 Å². The fraction of sp³-hybridized carbons (Fsp3) is 0.318. The third kappa shape index (κ3) is 4.40. The summed E-state index contributed by atoms with van der Waals surface area (Å²) < 4.78 is 32.9. The monoisotopic (exact) mass is 427 g/mol. The van der Waals surface area contributed by atoms with Crippen molar-refractivity contribution >= 4 is 26.7 Å². The number of hydrogen-bond acceptors (Lipinski definition) is 5. The number of nitrogens with zero attached hydrogens (tertiary/aromatic N) is 3. The lowest BCUT2D eigenvalue weighted by molar-refractivity contribution is -0.133. The smallest absolute Gasteiger partial charge is 0.243 e. The summed E-state index contributed by atoms with van der Waals surface area (Å²) in [6, 6.07) is 16.6. The molecule has 0 spiro atoms. The van der Waals surface area contributed by atoms with Gasteiger partial charge in [0.1, 0.15) is 5.76 Å². The van der Waals surface area contributed by atoms with Crippen LogP contribution >= 0.6 is 0 Å². The van der Waals surface area contributed by atoms with Crippen molar-refractivity contribution in [2.75, 3.05) is 39.8 Å². The minimum absolute atomic E-state index is 0.00758. The van der Waals surface area contributed by atoms with Crippen molar-refractivity contribution in [2.24, 2.45) is 0 Å². The first-order chi connectivity index (χ1) is 14.4. The zero-order valence-corrected chi connectivity index (χ0v) is 17.7. The van der Waals surface area contributed by atoms with Crippen LogP contribution in [-0.2, 0) is 21.4 Å². The number of fused-ring (bicyclic) bond motifs is 1. The number of carbonyl (C=O) groups is 1. The molecule has 0 N–H and O–H groups in total. The van der Waals surface area contributed by atoms with E-state index in [4.69, 9.17) is 4.42 Å². The van der Waals surface area contributed by atoms with E-state index in [-0.39, 0.29) is 12.5 Å². The fourth-order valence-corrected chi connectivity index (χ4v) is 5.17. The van der Waals surface area contributed by atoms with Crippen LogP contribution in [0.5, 0.6) is 0 Å². The van der Waals surface area contributed by atoms with E-state index in [2.05, 4.69) is 0 Å². The maximum atomic E-state index is 13.1. The molecule has 30 heavy (non-hydrogen) atoms. The van der Waals surface area contributed by atoms with Crippen LogP contribution in [0.25, 0.3) is 10.8 Å². The molecule has 0 aliphatic carbocycles. The molecule has 2 heterocycles. The standard InChI is InChI=1S/C22H25N3O4S/c1-23(16-20-7-4-14-29-20)17-22(26)24-10-12-25(13-11-24)30(27,28)21-9-8-18-5-2-3-6-19(18)15-21/h2-9,14-15H,10-13,16-17H2,1H3. The van der Waals surface area contributed by atoms with Gasteiger partial charge < -0.3 is 9.32 Å². The molecule has 8 heteroatoms. The molecule has 1 fully saturated rings. The second-order valence-electron chi connectivity index (χ2n) is 7.55. The average Bonchev–Trinajstić information content (AvgIpc) is 3.26. The van der Waals surface area contributed by atoms with Crippen molar-refractivity contribution in [1.29, 1.82) is 0 Å². The third-order valence-electron chi connectivity index (χ3n) is 5.36. The lowest BCUT2D eigenvalue weighted by atomic mass is 10.1. The van der Waals surface area contributed by atoms with E-state index in [1.54, 1.807) is 23.3 Å². The number of likely N-dealkylation sites (N-methyl/N-ethyl adjacent to an activating group) is 1. The Morgan fingerprint density at radius 3 is 2.43 bits per heavy atom. The Bertz CT molecular complexity index is 1120. The molecule has 1 aliphatic rings. The number of carbonyl (C=O) groups excluding carboxylic acids is 1. The first kappa shape index (κ1) is 20.6. The topological polar surface area (TPSA) is 74.1 Å². The Hall–Kier alpha value is -2.68. The molecule has 0 atom stereocenters. The minimum atomic E-state index is -3.59. The van der Waals surface area contributed by atoms with Crippen molar-refractivity contribution in [3.63, 3.8) is 0 Å². The lowest BCUT2D eigenvalue weighted by Crippen LogP contribution is -2.52. The highest BCUT2D eigenvalue weighted by Gasteiger charge is 2.30. The molecule has 3 aromatic rings. The summed E-state index contributed by atoms with van der Waals surface area (Å²) in [4.78, 5) is 16.5. The van der Waals surface area contributed by atoms with Gasteiger partial charge in [0.15, 0.2) is 0 Å². The Morgan fingerprint density at radius 1 is 1.00 bits per heavy atom. The molecule has 0 bridgehead atoms. The predicted molar refractivity (Wildman–Crippen MR) is 114 cm³/mol. The Labute approximate surface area is 176 Å². The first-order valence-electron chi connectivity index (χ1n) is 9.91. The van der Waals surface area contributed by atoms with E-state index in [9.17, 15) is 13.2 Å². The molecule has 2 aromatic carbocycles. The zero-order valence-electron chi connectivity index (χ0n) is 16.9. The van der Waals surface area contributed by atoms with Crippen LogP contribution in [0, 0.1) is 0 Å². The molecule has 1 aliphatic heterocycles. The van der Waals surface area contributed by atoms with Gasteiger partial charge >= 0.3 is 0 Å². The second kappa shape index (κ2) is 8.59. The quantitative estimate of drug-likeness (QED) is 0.604. The first-order valence-corrected chi connectivity index (χ1v) is 11.4. The fourth-order valence-electron chi connectivity index (χ4n) is 3.71. The van der Waals surface area contributed by atoms with Crippen molar-refractivity contribution in [1.82, 2.24) is 14.1 Å². The number of amides is 1. The number of benzene rings is 2. The van der Waals surface area contributed by atoms with Crippen LogP contribution in [0.3, 0.4) is 0 Å². The molecular weight excluding hydrogens is 402 g/mol. The van der Waals surface area contributed by atoms with Gasteiger partial charge in [0.2, 0.25) is 15.9 Å². The summed E-state index contributed by atoms with van der Waals surface area (Å²) in [5.41, 5.74) is 0. The largest absolute Gasteiger partial charge is 0.468 e. The minimum Gasteiger partial charge on any atom is -0.468 e. The van der Waals surface area contributed by atoms with Crippen LogP contribution in [0.2, 0.25) is 0 Å². The van der Waals surface area contributed by atoms with E-state index >= 15 is 0 Å². The van der Waals surface area contributed by atoms with E-state index in [1.165, 1.54) is 4.31 Å². The maximum absolute atomic E-state index is 13.1. The van der Waals surface area contributed by atoms with Crippen LogP contribution in [0.4, 0.5) is 0 Å². The highest BCUT2D eigenvalue weighted by Crippen LogP contribution is 2.23. The van der Waals surface area contributed by atoms with Crippen molar-refractivity contribution in [3.8, 4) is 0 Å². The third-order valence-corrected chi connectivity index (χ3v) is 7.26. The maximum Gasteiger partial charge on any atom is 0.243 e. The number of hydrogen-bond donors (Lipinski definition) is 0. The van der Waals surface area contributed by atoms with Crippen LogP contribution in [0.15, 0.2) is 70.2 Å². The molecule has 158 valence electrons. The summed E-state index contributed by atoms with van der Waals surface area (Å²) in [5.74, 6) is 0.795. The van der Waals surface area contributed by atoms with Gasteiger partial charge in [0.25, 0.3) is 0 Å². The predicted octanol–water partition coefficient (Wildman–Crippen LogP) is 2.40. The van der Waals surface area contributed by atoms with Gasteiger partial charge in [-0.25, -0.2) is 8.42 Å². The Balaban J connectivity index is 1.36. The molecule has 0 saturated carbocycles. The van der Waals surface area contributed by atoms with E-state index in [1.807, 2.05) is 54.4 Å². The molecule has 1 amide bonds. The molecule has 0 radical (unpaired) electrons. The molecular formula is C22H25N3O4S. The summed E-state index contributed by atoms with van der Waals surface area (Å²) >= 11 is 0.